The normalized spacial score (nSPS) is 13.7. The molecule has 1 unspecified atom stereocenters. The number of likely N-dealkylation sites (N-methyl/N-ethyl adjacent to an activating group) is 1. The monoisotopic (exact) mass is 338 g/mol. The van der Waals surface area contributed by atoms with Crippen LogP contribution >= 0.6 is 11.6 Å². The van der Waals surface area contributed by atoms with Gasteiger partial charge in [-0.25, -0.2) is 12.8 Å². The predicted molar refractivity (Wildman–Crippen MR) is 80.2 cm³/mol. The van der Waals surface area contributed by atoms with Gasteiger partial charge in [-0.1, -0.05) is 18.5 Å². The summed E-state index contributed by atoms with van der Waals surface area (Å²) in [5, 5.41) is 0.130. The lowest BCUT2D eigenvalue weighted by Crippen LogP contribution is -2.41. The molecule has 0 aromatic heterocycles. The summed E-state index contributed by atoms with van der Waals surface area (Å²) in [6.45, 7) is 3.64. The molecule has 1 aromatic rings. The number of halogens is 2. The lowest BCUT2D eigenvalue weighted by Gasteiger charge is -2.27. The molecular formula is C13H20ClFN2O3S. The summed E-state index contributed by atoms with van der Waals surface area (Å²) in [5.41, 5.74) is 5.49. The van der Waals surface area contributed by atoms with Crippen LogP contribution in [-0.2, 0) is 21.3 Å². The van der Waals surface area contributed by atoms with Crippen LogP contribution in [-0.4, -0.2) is 39.0 Å². The third kappa shape index (κ3) is 3.92. The van der Waals surface area contributed by atoms with Gasteiger partial charge in [0.1, 0.15) is 10.7 Å². The van der Waals surface area contributed by atoms with Gasteiger partial charge in [-0.15, -0.1) is 0 Å². The zero-order valence-corrected chi connectivity index (χ0v) is 13.8. The topological polar surface area (TPSA) is 72.6 Å². The second kappa shape index (κ2) is 7.51. The third-order valence-electron chi connectivity index (χ3n) is 3.10. The van der Waals surface area contributed by atoms with Crippen molar-refractivity contribution >= 4 is 21.6 Å². The zero-order valence-electron chi connectivity index (χ0n) is 12.3. The smallest absolute Gasteiger partial charge is 0.246 e. The number of rotatable bonds is 7. The number of nitrogens with zero attached hydrogens (tertiary/aromatic N) is 1. The molecule has 8 heteroatoms. The molecule has 0 saturated heterocycles. The molecule has 21 heavy (non-hydrogen) atoms. The van der Waals surface area contributed by atoms with Crippen molar-refractivity contribution in [2.75, 3.05) is 20.3 Å². The van der Waals surface area contributed by atoms with Crippen molar-refractivity contribution in [2.45, 2.75) is 31.3 Å². The van der Waals surface area contributed by atoms with Gasteiger partial charge in [-0.05, 0) is 19.1 Å². The zero-order chi connectivity index (χ0) is 16.2. The first-order chi connectivity index (χ1) is 9.79. The Kier molecular flexibility index (Phi) is 6.55. The van der Waals surface area contributed by atoms with Gasteiger partial charge in [0.25, 0.3) is 0 Å². The summed E-state index contributed by atoms with van der Waals surface area (Å²) in [6.07, 6.45) is 0. The minimum absolute atomic E-state index is 0.0662. The summed E-state index contributed by atoms with van der Waals surface area (Å²) in [5.74, 6) is -0.857. The maximum absolute atomic E-state index is 14.3. The van der Waals surface area contributed by atoms with Crippen LogP contribution in [0.4, 0.5) is 4.39 Å². The maximum Gasteiger partial charge on any atom is 0.246 e. The van der Waals surface area contributed by atoms with Crippen LogP contribution in [0, 0.1) is 5.82 Å². The van der Waals surface area contributed by atoms with Gasteiger partial charge in [0.05, 0.1) is 6.61 Å². The molecule has 2 N–H and O–H groups in total. The SMILES string of the molecule is CCN(C(C)COC)S(=O)(=O)c1cc(Cl)cc(CN)c1F. The molecule has 0 saturated carbocycles. The van der Waals surface area contributed by atoms with Crippen molar-refractivity contribution in [3.05, 3.63) is 28.5 Å². The van der Waals surface area contributed by atoms with E-state index in [0.29, 0.717) is 0 Å². The molecule has 1 aromatic carbocycles. The molecule has 0 amide bonds. The van der Waals surface area contributed by atoms with Gasteiger partial charge in [0.2, 0.25) is 10.0 Å². The van der Waals surface area contributed by atoms with E-state index >= 15 is 0 Å². The van der Waals surface area contributed by atoms with Crippen LogP contribution in [0.1, 0.15) is 19.4 Å². The van der Waals surface area contributed by atoms with E-state index in [4.69, 9.17) is 22.1 Å². The summed E-state index contributed by atoms with van der Waals surface area (Å²) >= 11 is 5.87. The molecule has 0 fully saturated rings. The van der Waals surface area contributed by atoms with E-state index in [-0.39, 0.29) is 30.3 Å². The van der Waals surface area contributed by atoms with Crippen LogP contribution in [0.3, 0.4) is 0 Å². The van der Waals surface area contributed by atoms with E-state index in [2.05, 4.69) is 0 Å². The highest BCUT2D eigenvalue weighted by Gasteiger charge is 2.31. The van der Waals surface area contributed by atoms with Crippen LogP contribution in [0.5, 0.6) is 0 Å². The van der Waals surface area contributed by atoms with Gasteiger partial charge in [0.15, 0.2) is 0 Å². The maximum atomic E-state index is 14.3. The molecule has 0 bridgehead atoms. The Morgan fingerprint density at radius 2 is 2.10 bits per heavy atom. The first-order valence-corrected chi connectivity index (χ1v) is 8.30. The molecule has 5 nitrogen and oxygen atoms in total. The Hall–Kier alpha value is -0.730. The second-order valence-electron chi connectivity index (χ2n) is 4.59. The molecule has 120 valence electrons. The Morgan fingerprint density at radius 1 is 1.48 bits per heavy atom. The molecule has 0 aliphatic rings. The summed E-state index contributed by atoms with van der Waals surface area (Å²) in [7, 11) is -2.54. The van der Waals surface area contributed by atoms with Crippen molar-refractivity contribution in [3.8, 4) is 0 Å². The van der Waals surface area contributed by atoms with Gasteiger partial charge < -0.3 is 10.5 Å². The van der Waals surface area contributed by atoms with Gasteiger partial charge in [-0.2, -0.15) is 4.31 Å². The molecule has 0 aliphatic carbocycles. The number of benzene rings is 1. The quantitative estimate of drug-likeness (QED) is 0.825. The minimum atomic E-state index is -4.02. The Morgan fingerprint density at radius 3 is 2.57 bits per heavy atom. The van der Waals surface area contributed by atoms with Crippen molar-refractivity contribution in [2.24, 2.45) is 5.73 Å². The van der Waals surface area contributed by atoms with E-state index < -0.39 is 26.8 Å². The third-order valence-corrected chi connectivity index (χ3v) is 5.40. The number of sulfonamides is 1. The molecule has 1 atom stereocenters. The molecule has 0 radical (unpaired) electrons. The highest BCUT2D eigenvalue weighted by Crippen LogP contribution is 2.27. The first-order valence-electron chi connectivity index (χ1n) is 6.48. The number of ether oxygens (including phenoxy) is 1. The minimum Gasteiger partial charge on any atom is -0.383 e. The molecule has 1 rings (SSSR count). The average molecular weight is 339 g/mol. The fraction of sp³-hybridized carbons (Fsp3) is 0.538. The van der Waals surface area contributed by atoms with Crippen LogP contribution in [0.2, 0.25) is 5.02 Å². The number of hydrogen-bond acceptors (Lipinski definition) is 4. The lowest BCUT2D eigenvalue weighted by atomic mass is 10.2. The van der Waals surface area contributed by atoms with E-state index in [1.807, 2.05) is 0 Å². The summed E-state index contributed by atoms with van der Waals surface area (Å²) in [6, 6.07) is 2.00. The Balaban J connectivity index is 3.39. The summed E-state index contributed by atoms with van der Waals surface area (Å²) in [4.78, 5) is -0.458. The molecular weight excluding hydrogens is 319 g/mol. The fourth-order valence-electron chi connectivity index (χ4n) is 2.12. The van der Waals surface area contributed by atoms with Gasteiger partial charge >= 0.3 is 0 Å². The van der Waals surface area contributed by atoms with Crippen molar-refractivity contribution in [3.63, 3.8) is 0 Å². The van der Waals surface area contributed by atoms with E-state index in [9.17, 15) is 12.8 Å². The molecule has 0 heterocycles. The average Bonchev–Trinajstić information content (AvgIpc) is 2.41. The predicted octanol–water partition coefficient (Wildman–Crippen LogP) is 1.98. The molecule has 0 spiro atoms. The van der Waals surface area contributed by atoms with Crippen molar-refractivity contribution in [1.82, 2.24) is 4.31 Å². The van der Waals surface area contributed by atoms with Gasteiger partial charge in [0, 0.05) is 36.8 Å². The summed E-state index contributed by atoms with van der Waals surface area (Å²) < 4.78 is 45.8. The lowest BCUT2D eigenvalue weighted by molar-refractivity contribution is 0.142. The van der Waals surface area contributed by atoms with Crippen molar-refractivity contribution < 1.29 is 17.5 Å². The largest absolute Gasteiger partial charge is 0.383 e. The van der Waals surface area contributed by atoms with Gasteiger partial charge in [-0.3, -0.25) is 0 Å². The van der Waals surface area contributed by atoms with E-state index in [1.54, 1.807) is 13.8 Å². The number of methoxy groups -OCH3 is 1. The first kappa shape index (κ1) is 18.3. The van der Waals surface area contributed by atoms with Crippen LogP contribution < -0.4 is 5.73 Å². The number of nitrogens with two attached hydrogens (primary N) is 1. The van der Waals surface area contributed by atoms with E-state index in [1.165, 1.54) is 17.5 Å². The molecule has 0 aliphatic heterocycles. The standard InChI is InChI=1S/C13H20ClFN2O3S/c1-4-17(9(2)8-20-3)21(18,19)12-6-11(14)5-10(7-16)13(12)15/h5-6,9H,4,7-8,16H2,1-3H3. The van der Waals surface area contributed by atoms with Crippen LogP contribution in [0.25, 0.3) is 0 Å². The Bertz CT molecular complexity index is 595. The second-order valence-corrected chi connectivity index (χ2v) is 6.89. The fourth-order valence-corrected chi connectivity index (χ4v) is 4.19. The highest BCUT2D eigenvalue weighted by atomic mass is 35.5. The van der Waals surface area contributed by atoms with Crippen LogP contribution in [0.15, 0.2) is 17.0 Å². The Labute approximate surface area is 129 Å². The van der Waals surface area contributed by atoms with Crippen molar-refractivity contribution in [1.29, 1.82) is 0 Å². The highest BCUT2D eigenvalue weighted by molar-refractivity contribution is 7.89. The number of hydrogen-bond donors (Lipinski definition) is 1. The van der Waals surface area contributed by atoms with E-state index in [0.717, 1.165) is 6.07 Å².